The molecular formula is C14H16F3N5O. The Hall–Kier alpha value is -2.45. The summed E-state index contributed by atoms with van der Waals surface area (Å²) in [6.07, 6.45) is -1.59. The molecule has 0 spiro atoms. The molecule has 2 rings (SSSR count). The number of aromatic nitrogens is 4. The average molecular weight is 327 g/mol. The zero-order chi connectivity index (χ0) is 17.0. The van der Waals surface area contributed by atoms with Crippen LogP contribution in [0.15, 0.2) is 24.5 Å². The van der Waals surface area contributed by atoms with Gasteiger partial charge in [0.1, 0.15) is 0 Å². The number of nitrogens with zero attached hydrogens (tertiary/aromatic N) is 4. The molecule has 0 aromatic carbocycles. The van der Waals surface area contributed by atoms with Gasteiger partial charge in [0.15, 0.2) is 11.5 Å². The Balaban J connectivity index is 2.05. The summed E-state index contributed by atoms with van der Waals surface area (Å²) in [5.41, 5.74) is -0.775. The van der Waals surface area contributed by atoms with E-state index in [0.717, 1.165) is 23.2 Å². The summed E-state index contributed by atoms with van der Waals surface area (Å²) >= 11 is 0. The standard InChI is InChI=1S/C14H16F3N5O/c1-9(2)5-6-18-13(23)11-8-22(21-20-11)12-4-3-10(7-19-12)14(15,16)17/h3-4,7-9H,5-6H2,1-2H3,(H,18,23). The lowest BCUT2D eigenvalue weighted by atomic mass is 10.1. The van der Waals surface area contributed by atoms with Crippen LogP contribution in [0.2, 0.25) is 0 Å². The van der Waals surface area contributed by atoms with Gasteiger partial charge in [-0.2, -0.15) is 13.2 Å². The molecule has 2 heterocycles. The van der Waals surface area contributed by atoms with Crippen molar-refractivity contribution in [3.05, 3.63) is 35.8 Å². The highest BCUT2D eigenvalue weighted by atomic mass is 19.4. The van der Waals surface area contributed by atoms with Crippen molar-refractivity contribution >= 4 is 5.91 Å². The Bertz CT molecular complexity index is 664. The second kappa shape index (κ2) is 6.76. The fraction of sp³-hybridized carbons (Fsp3) is 0.429. The van der Waals surface area contributed by atoms with E-state index in [2.05, 4.69) is 20.6 Å². The van der Waals surface area contributed by atoms with E-state index in [-0.39, 0.29) is 17.4 Å². The normalized spacial score (nSPS) is 11.7. The quantitative estimate of drug-likeness (QED) is 0.915. The van der Waals surface area contributed by atoms with Crippen LogP contribution in [0.25, 0.3) is 5.82 Å². The summed E-state index contributed by atoms with van der Waals surface area (Å²) in [6.45, 7) is 4.60. The second-order valence-electron chi connectivity index (χ2n) is 5.39. The first-order chi connectivity index (χ1) is 10.8. The van der Waals surface area contributed by atoms with Crippen molar-refractivity contribution in [2.75, 3.05) is 6.54 Å². The van der Waals surface area contributed by atoms with E-state index in [4.69, 9.17) is 0 Å². The zero-order valence-electron chi connectivity index (χ0n) is 12.6. The van der Waals surface area contributed by atoms with Gasteiger partial charge in [-0.05, 0) is 24.5 Å². The van der Waals surface area contributed by atoms with Crippen LogP contribution in [0, 0.1) is 5.92 Å². The van der Waals surface area contributed by atoms with E-state index >= 15 is 0 Å². The predicted octanol–water partition coefficient (Wildman–Crippen LogP) is 2.46. The number of rotatable bonds is 5. The van der Waals surface area contributed by atoms with E-state index in [0.29, 0.717) is 18.7 Å². The van der Waals surface area contributed by atoms with Gasteiger partial charge >= 0.3 is 6.18 Å². The molecule has 1 amide bonds. The van der Waals surface area contributed by atoms with Crippen LogP contribution in [-0.4, -0.2) is 32.4 Å². The molecule has 2 aromatic rings. The maximum absolute atomic E-state index is 12.5. The number of halogens is 3. The van der Waals surface area contributed by atoms with Crippen molar-refractivity contribution in [2.45, 2.75) is 26.4 Å². The first kappa shape index (κ1) is 16.9. The van der Waals surface area contributed by atoms with Crippen LogP contribution >= 0.6 is 0 Å². The molecule has 0 unspecified atom stereocenters. The highest BCUT2D eigenvalue weighted by molar-refractivity contribution is 5.91. The second-order valence-corrected chi connectivity index (χ2v) is 5.39. The monoisotopic (exact) mass is 327 g/mol. The lowest BCUT2D eigenvalue weighted by Crippen LogP contribution is -2.25. The van der Waals surface area contributed by atoms with Gasteiger partial charge < -0.3 is 5.32 Å². The molecular weight excluding hydrogens is 311 g/mol. The van der Waals surface area contributed by atoms with Crippen molar-refractivity contribution in [1.82, 2.24) is 25.3 Å². The van der Waals surface area contributed by atoms with E-state index in [1.807, 2.05) is 13.8 Å². The van der Waals surface area contributed by atoms with Gasteiger partial charge in [-0.1, -0.05) is 19.1 Å². The molecule has 0 saturated heterocycles. The summed E-state index contributed by atoms with van der Waals surface area (Å²) in [7, 11) is 0. The number of carbonyl (C=O) groups is 1. The lowest BCUT2D eigenvalue weighted by Gasteiger charge is -2.06. The third-order valence-corrected chi connectivity index (χ3v) is 3.04. The van der Waals surface area contributed by atoms with Gasteiger partial charge in [0, 0.05) is 12.7 Å². The number of nitrogens with one attached hydrogen (secondary N) is 1. The van der Waals surface area contributed by atoms with Crippen LogP contribution in [-0.2, 0) is 6.18 Å². The number of alkyl halides is 3. The molecule has 0 radical (unpaired) electrons. The summed E-state index contributed by atoms with van der Waals surface area (Å²) in [5, 5.41) is 10.1. The van der Waals surface area contributed by atoms with Gasteiger partial charge in [-0.25, -0.2) is 9.67 Å². The maximum atomic E-state index is 12.5. The first-order valence-electron chi connectivity index (χ1n) is 7.01. The first-order valence-corrected chi connectivity index (χ1v) is 7.01. The highest BCUT2D eigenvalue weighted by Gasteiger charge is 2.30. The number of amides is 1. The summed E-state index contributed by atoms with van der Waals surface area (Å²) in [4.78, 5) is 15.5. The highest BCUT2D eigenvalue weighted by Crippen LogP contribution is 2.28. The molecule has 0 atom stereocenters. The zero-order valence-corrected chi connectivity index (χ0v) is 12.6. The number of carbonyl (C=O) groups excluding carboxylic acids is 1. The SMILES string of the molecule is CC(C)CCNC(=O)c1cn(-c2ccc(C(F)(F)F)cn2)nn1. The third kappa shape index (κ3) is 4.51. The minimum absolute atomic E-state index is 0.0791. The van der Waals surface area contributed by atoms with E-state index in [1.165, 1.54) is 6.20 Å². The molecule has 124 valence electrons. The number of pyridine rings is 1. The lowest BCUT2D eigenvalue weighted by molar-refractivity contribution is -0.137. The summed E-state index contributed by atoms with van der Waals surface area (Å²) in [5.74, 6) is 0.220. The molecule has 6 nitrogen and oxygen atoms in total. The number of hydrogen-bond acceptors (Lipinski definition) is 4. The molecule has 0 aliphatic heterocycles. The van der Waals surface area contributed by atoms with Gasteiger partial charge in [-0.15, -0.1) is 5.10 Å². The van der Waals surface area contributed by atoms with E-state index in [1.54, 1.807) is 0 Å². The minimum atomic E-state index is -4.45. The van der Waals surface area contributed by atoms with Crippen LogP contribution in [0.3, 0.4) is 0 Å². The topological polar surface area (TPSA) is 72.7 Å². The van der Waals surface area contributed by atoms with Crippen molar-refractivity contribution in [2.24, 2.45) is 5.92 Å². The molecule has 0 saturated carbocycles. The molecule has 23 heavy (non-hydrogen) atoms. The molecule has 0 bridgehead atoms. The summed E-state index contributed by atoms with van der Waals surface area (Å²) < 4.78 is 38.6. The maximum Gasteiger partial charge on any atom is 0.417 e. The average Bonchev–Trinajstić information content (AvgIpc) is 2.96. The van der Waals surface area contributed by atoms with Crippen molar-refractivity contribution in [3.8, 4) is 5.82 Å². The summed E-state index contributed by atoms with van der Waals surface area (Å²) in [6, 6.07) is 2.06. The van der Waals surface area contributed by atoms with Crippen LogP contribution in [0.1, 0.15) is 36.3 Å². The fourth-order valence-electron chi connectivity index (χ4n) is 1.73. The van der Waals surface area contributed by atoms with Crippen molar-refractivity contribution < 1.29 is 18.0 Å². The van der Waals surface area contributed by atoms with Gasteiger partial charge in [0.05, 0.1) is 11.8 Å². The van der Waals surface area contributed by atoms with E-state index in [9.17, 15) is 18.0 Å². The molecule has 1 N–H and O–H groups in total. The Morgan fingerprint density at radius 2 is 2.09 bits per heavy atom. The predicted molar refractivity (Wildman–Crippen MR) is 75.9 cm³/mol. The molecule has 0 aliphatic rings. The Kier molecular flexibility index (Phi) is 4.97. The molecule has 0 aliphatic carbocycles. The van der Waals surface area contributed by atoms with E-state index < -0.39 is 11.7 Å². The minimum Gasteiger partial charge on any atom is -0.351 e. The van der Waals surface area contributed by atoms with Crippen LogP contribution in [0.5, 0.6) is 0 Å². The van der Waals surface area contributed by atoms with Gasteiger partial charge in [-0.3, -0.25) is 4.79 Å². The van der Waals surface area contributed by atoms with Crippen molar-refractivity contribution in [1.29, 1.82) is 0 Å². The van der Waals surface area contributed by atoms with Crippen LogP contribution < -0.4 is 5.32 Å². The van der Waals surface area contributed by atoms with Gasteiger partial charge in [0.2, 0.25) is 0 Å². The molecule has 2 aromatic heterocycles. The number of hydrogen-bond donors (Lipinski definition) is 1. The molecule has 9 heteroatoms. The third-order valence-electron chi connectivity index (χ3n) is 3.04. The molecule has 0 fully saturated rings. The van der Waals surface area contributed by atoms with Crippen LogP contribution in [0.4, 0.5) is 13.2 Å². The fourth-order valence-corrected chi connectivity index (χ4v) is 1.73. The Morgan fingerprint density at radius 3 is 2.65 bits per heavy atom. The smallest absolute Gasteiger partial charge is 0.351 e. The largest absolute Gasteiger partial charge is 0.417 e. The Morgan fingerprint density at radius 1 is 1.35 bits per heavy atom. The van der Waals surface area contributed by atoms with Gasteiger partial charge in [0.25, 0.3) is 5.91 Å². The Labute approximate surface area is 130 Å². The van der Waals surface area contributed by atoms with Crippen molar-refractivity contribution in [3.63, 3.8) is 0 Å².